The van der Waals surface area contributed by atoms with Gasteiger partial charge in [0, 0.05) is 50.3 Å². The van der Waals surface area contributed by atoms with E-state index in [1.807, 2.05) is 18.8 Å². The maximum absolute atomic E-state index is 11.6. The van der Waals surface area contributed by atoms with Crippen molar-refractivity contribution in [1.82, 2.24) is 14.5 Å². The molecule has 2 rings (SSSR count). The van der Waals surface area contributed by atoms with Crippen molar-refractivity contribution in [1.29, 1.82) is 0 Å². The minimum atomic E-state index is -3.05. The molecule has 2 heterocycles. The van der Waals surface area contributed by atoms with Gasteiger partial charge in [-0.2, -0.15) is 11.8 Å². The number of nitrogens with zero attached hydrogens (tertiary/aromatic N) is 3. The lowest BCUT2D eigenvalue weighted by molar-refractivity contribution is 0.371. The van der Waals surface area contributed by atoms with Crippen LogP contribution in [0.25, 0.3) is 0 Å². The zero-order valence-corrected chi connectivity index (χ0v) is 15.6. The fraction of sp³-hybridized carbons (Fsp3) is 0.929. The van der Waals surface area contributed by atoms with Crippen molar-refractivity contribution in [3.63, 3.8) is 0 Å². The van der Waals surface area contributed by atoms with E-state index >= 15 is 0 Å². The zero-order valence-electron chi connectivity index (χ0n) is 14.0. The number of guanidine groups is 1. The van der Waals surface area contributed by atoms with Gasteiger partial charge < -0.3 is 10.2 Å². The summed E-state index contributed by atoms with van der Waals surface area (Å²) in [5, 5.41) is 3.44. The van der Waals surface area contributed by atoms with Crippen LogP contribution in [-0.2, 0) is 10.0 Å². The third kappa shape index (κ3) is 4.76. The fourth-order valence-corrected chi connectivity index (χ4v) is 5.06. The molecule has 0 bridgehead atoms. The van der Waals surface area contributed by atoms with Crippen LogP contribution < -0.4 is 5.32 Å². The molecule has 2 fully saturated rings. The van der Waals surface area contributed by atoms with Crippen molar-refractivity contribution in [2.45, 2.75) is 25.0 Å². The summed E-state index contributed by atoms with van der Waals surface area (Å²) in [5.74, 6) is 2.41. The largest absolute Gasteiger partial charge is 0.356 e. The summed E-state index contributed by atoms with van der Waals surface area (Å²) >= 11 is 2.00. The van der Waals surface area contributed by atoms with Crippen LogP contribution in [0.4, 0.5) is 0 Å². The molecule has 0 radical (unpaired) electrons. The van der Waals surface area contributed by atoms with E-state index in [4.69, 9.17) is 0 Å². The first-order chi connectivity index (χ1) is 10.2. The van der Waals surface area contributed by atoms with Crippen LogP contribution in [-0.4, -0.2) is 80.1 Å². The summed E-state index contributed by atoms with van der Waals surface area (Å²) in [6, 6.07) is 0. The molecule has 0 spiro atoms. The maximum atomic E-state index is 11.6. The minimum absolute atomic E-state index is 0.246. The molecule has 0 aromatic rings. The second-order valence-corrected chi connectivity index (χ2v) is 10.5. The number of aliphatic imine (C=N–C) groups is 1. The van der Waals surface area contributed by atoms with Crippen molar-refractivity contribution in [3.8, 4) is 0 Å². The van der Waals surface area contributed by atoms with Gasteiger partial charge in [-0.3, -0.25) is 4.99 Å². The molecule has 6 nitrogen and oxygen atoms in total. The molecule has 2 aliphatic rings. The number of sulfonamides is 1. The Morgan fingerprint density at radius 1 is 1.41 bits per heavy atom. The van der Waals surface area contributed by atoms with Crippen LogP contribution in [0, 0.1) is 5.92 Å². The lowest BCUT2D eigenvalue weighted by Gasteiger charge is -2.39. The highest BCUT2D eigenvalue weighted by atomic mass is 32.2. The number of hydrogen-bond acceptors (Lipinski definition) is 4. The van der Waals surface area contributed by atoms with E-state index < -0.39 is 10.0 Å². The molecule has 1 atom stereocenters. The molecule has 2 saturated heterocycles. The first kappa shape index (κ1) is 17.9. The molecular weight excluding hydrogens is 320 g/mol. The van der Waals surface area contributed by atoms with Crippen molar-refractivity contribution in [2.75, 3.05) is 51.8 Å². The van der Waals surface area contributed by atoms with E-state index in [9.17, 15) is 8.42 Å². The lowest BCUT2D eigenvalue weighted by Crippen LogP contribution is -2.51. The third-order valence-corrected chi connectivity index (χ3v) is 6.77. The SMILES string of the molecule is CN=C(NCC1CCN(S(C)(=O)=O)C1)N1CCSC(C)(C)C1. The second kappa shape index (κ2) is 6.97. The molecule has 0 saturated carbocycles. The van der Waals surface area contributed by atoms with Gasteiger partial charge in [-0.25, -0.2) is 12.7 Å². The topological polar surface area (TPSA) is 65.0 Å². The molecule has 0 aromatic heterocycles. The van der Waals surface area contributed by atoms with Crippen molar-refractivity contribution in [2.24, 2.45) is 10.9 Å². The Labute approximate surface area is 138 Å². The minimum Gasteiger partial charge on any atom is -0.356 e. The molecule has 0 aromatic carbocycles. The van der Waals surface area contributed by atoms with Gasteiger partial charge in [0.1, 0.15) is 0 Å². The molecule has 128 valence electrons. The van der Waals surface area contributed by atoms with Gasteiger partial charge in [0.2, 0.25) is 10.0 Å². The van der Waals surface area contributed by atoms with E-state index in [0.717, 1.165) is 37.8 Å². The summed E-state index contributed by atoms with van der Waals surface area (Å²) in [6.07, 6.45) is 2.20. The summed E-state index contributed by atoms with van der Waals surface area (Å²) in [6.45, 7) is 8.55. The van der Waals surface area contributed by atoms with Crippen LogP contribution in [0.2, 0.25) is 0 Å². The standard InChI is InChI=1S/C14H28N4O2S2/c1-14(2)11-17(7-8-21-14)13(15-3)16-9-12-5-6-18(10-12)22(4,19)20/h12H,5-11H2,1-4H3,(H,15,16). The van der Waals surface area contributed by atoms with E-state index in [0.29, 0.717) is 19.0 Å². The second-order valence-electron chi connectivity index (χ2n) is 6.73. The van der Waals surface area contributed by atoms with Crippen LogP contribution in [0.1, 0.15) is 20.3 Å². The highest BCUT2D eigenvalue weighted by molar-refractivity contribution is 8.00. The van der Waals surface area contributed by atoms with E-state index in [-0.39, 0.29) is 4.75 Å². The molecular formula is C14H28N4O2S2. The van der Waals surface area contributed by atoms with Crippen molar-refractivity contribution < 1.29 is 8.42 Å². The maximum Gasteiger partial charge on any atom is 0.211 e. The van der Waals surface area contributed by atoms with E-state index in [1.165, 1.54) is 6.26 Å². The van der Waals surface area contributed by atoms with Gasteiger partial charge in [-0.05, 0) is 26.2 Å². The van der Waals surface area contributed by atoms with Crippen LogP contribution in [0.15, 0.2) is 4.99 Å². The van der Waals surface area contributed by atoms with Gasteiger partial charge in [0.15, 0.2) is 5.96 Å². The molecule has 2 aliphatic heterocycles. The van der Waals surface area contributed by atoms with Gasteiger partial charge in [0.25, 0.3) is 0 Å². The number of hydrogen-bond donors (Lipinski definition) is 1. The third-order valence-electron chi connectivity index (χ3n) is 4.20. The van der Waals surface area contributed by atoms with Crippen LogP contribution >= 0.6 is 11.8 Å². The summed E-state index contributed by atoms with van der Waals surface area (Å²) in [5.41, 5.74) is 0. The normalized spacial score (nSPS) is 27.2. The smallest absolute Gasteiger partial charge is 0.211 e. The van der Waals surface area contributed by atoms with Crippen LogP contribution in [0.3, 0.4) is 0 Å². The van der Waals surface area contributed by atoms with E-state index in [1.54, 1.807) is 4.31 Å². The Morgan fingerprint density at radius 2 is 2.14 bits per heavy atom. The van der Waals surface area contributed by atoms with Crippen molar-refractivity contribution in [3.05, 3.63) is 0 Å². The summed E-state index contributed by atoms with van der Waals surface area (Å²) < 4.78 is 24.9. The zero-order chi connectivity index (χ0) is 16.4. The summed E-state index contributed by atoms with van der Waals surface area (Å²) in [4.78, 5) is 6.70. The number of thioether (sulfide) groups is 1. The molecule has 1 unspecified atom stereocenters. The first-order valence-corrected chi connectivity index (χ1v) is 10.6. The molecule has 0 aliphatic carbocycles. The fourth-order valence-electron chi connectivity index (χ4n) is 3.03. The highest BCUT2D eigenvalue weighted by Gasteiger charge is 2.31. The highest BCUT2D eigenvalue weighted by Crippen LogP contribution is 2.29. The first-order valence-electron chi connectivity index (χ1n) is 7.76. The molecule has 8 heteroatoms. The summed E-state index contributed by atoms with van der Waals surface area (Å²) in [7, 11) is -1.24. The monoisotopic (exact) mass is 348 g/mol. The quantitative estimate of drug-likeness (QED) is 0.600. The Hall–Kier alpha value is -0.470. The number of rotatable bonds is 3. The average molecular weight is 349 g/mol. The Balaban J connectivity index is 1.85. The van der Waals surface area contributed by atoms with Crippen molar-refractivity contribution >= 4 is 27.7 Å². The Morgan fingerprint density at radius 3 is 2.68 bits per heavy atom. The lowest BCUT2D eigenvalue weighted by atomic mass is 10.1. The Bertz CT molecular complexity index is 519. The number of nitrogens with one attached hydrogen (secondary N) is 1. The predicted octanol–water partition coefficient (Wildman–Crippen LogP) is 0.671. The predicted molar refractivity (Wildman–Crippen MR) is 94.0 cm³/mol. The van der Waals surface area contributed by atoms with Gasteiger partial charge in [-0.1, -0.05) is 0 Å². The molecule has 0 amide bonds. The van der Waals surface area contributed by atoms with Gasteiger partial charge >= 0.3 is 0 Å². The van der Waals surface area contributed by atoms with Gasteiger partial charge in [-0.15, -0.1) is 0 Å². The average Bonchev–Trinajstić information content (AvgIpc) is 2.87. The van der Waals surface area contributed by atoms with E-state index in [2.05, 4.69) is 29.1 Å². The van der Waals surface area contributed by atoms with Gasteiger partial charge in [0.05, 0.1) is 6.26 Å². The Kier molecular flexibility index (Phi) is 5.66. The molecule has 1 N–H and O–H groups in total. The molecule has 22 heavy (non-hydrogen) atoms. The van der Waals surface area contributed by atoms with Crippen LogP contribution in [0.5, 0.6) is 0 Å².